The highest BCUT2D eigenvalue weighted by Gasteiger charge is 2.17. The maximum Gasteiger partial charge on any atom is 0.260 e. The molecule has 1 amide bonds. The fourth-order valence-corrected chi connectivity index (χ4v) is 2.37. The van der Waals surface area contributed by atoms with Crippen molar-refractivity contribution in [3.8, 4) is 5.75 Å². The molecule has 0 aromatic carbocycles. The van der Waals surface area contributed by atoms with Crippen molar-refractivity contribution in [1.82, 2.24) is 19.6 Å². The summed E-state index contributed by atoms with van der Waals surface area (Å²) < 4.78 is 7.56. The van der Waals surface area contributed by atoms with Gasteiger partial charge in [0.05, 0.1) is 5.69 Å². The second kappa shape index (κ2) is 5.50. The van der Waals surface area contributed by atoms with Gasteiger partial charge in [0.25, 0.3) is 5.91 Å². The van der Waals surface area contributed by atoms with Crippen molar-refractivity contribution >= 4 is 11.6 Å². The van der Waals surface area contributed by atoms with Gasteiger partial charge in [0.1, 0.15) is 0 Å². The number of aromatic nitrogens is 2. The maximum absolute atomic E-state index is 12.1. The molecule has 2 aromatic heterocycles. The number of carbonyl (C=O) groups excluding carboxylic acids is 1. The van der Waals surface area contributed by atoms with Gasteiger partial charge in [0.2, 0.25) is 0 Å². The molecule has 3 rings (SSSR count). The summed E-state index contributed by atoms with van der Waals surface area (Å²) in [5, 5.41) is 3.22. The van der Waals surface area contributed by atoms with Gasteiger partial charge in [0, 0.05) is 38.6 Å². The summed E-state index contributed by atoms with van der Waals surface area (Å²) in [5.41, 5.74) is 1.67. The Morgan fingerprint density at radius 3 is 3.05 bits per heavy atom. The van der Waals surface area contributed by atoms with Crippen LogP contribution in [0, 0.1) is 6.92 Å². The fraction of sp³-hybridized carbons (Fsp3) is 0.429. The van der Waals surface area contributed by atoms with E-state index in [1.165, 1.54) is 0 Å². The van der Waals surface area contributed by atoms with Gasteiger partial charge in [-0.1, -0.05) is 0 Å². The lowest BCUT2D eigenvalue weighted by Crippen LogP contribution is -2.47. The van der Waals surface area contributed by atoms with Crippen molar-refractivity contribution in [3.05, 3.63) is 30.2 Å². The van der Waals surface area contributed by atoms with Gasteiger partial charge < -0.3 is 19.4 Å². The van der Waals surface area contributed by atoms with Crippen molar-refractivity contribution in [2.24, 2.45) is 0 Å². The van der Waals surface area contributed by atoms with Crippen LogP contribution in [-0.2, 0) is 4.79 Å². The summed E-state index contributed by atoms with van der Waals surface area (Å²) in [5.74, 6) is 0.667. The number of hydrogen-bond acceptors (Lipinski definition) is 4. The topological polar surface area (TPSA) is 58.9 Å². The molecule has 6 heteroatoms. The predicted octanol–water partition coefficient (Wildman–Crippen LogP) is 0.453. The van der Waals surface area contributed by atoms with Crippen LogP contribution in [0.3, 0.4) is 0 Å². The number of nitrogens with zero attached hydrogens (tertiary/aromatic N) is 3. The van der Waals surface area contributed by atoms with Crippen molar-refractivity contribution in [2.45, 2.75) is 6.92 Å². The number of piperazine rings is 1. The van der Waals surface area contributed by atoms with E-state index >= 15 is 0 Å². The van der Waals surface area contributed by atoms with Gasteiger partial charge in [-0.2, -0.15) is 0 Å². The van der Waals surface area contributed by atoms with Crippen LogP contribution in [0.4, 0.5) is 0 Å². The third-order valence-electron chi connectivity index (χ3n) is 3.39. The van der Waals surface area contributed by atoms with E-state index in [4.69, 9.17) is 4.74 Å². The number of hydrogen-bond donors (Lipinski definition) is 1. The van der Waals surface area contributed by atoms with Crippen LogP contribution < -0.4 is 10.1 Å². The van der Waals surface area contributed by atoms with Crippen LogP contribution in [0.5, 0.6) is 5.75 Å². The minimum absolute atomic E-state index is 0.0248. The monoisotopic (exact) mass is 274 g/mol. The number of nitrogens with one attached hydrogen (secondary N) is 1. The Bertz CT molecular complexity index is 617. The van der Waals surface area contributed by atoms with Gasteiger partial charge in [-0.15, -0.1) is 0 Å². The van der Waals surface area contributed by atoms with E-state index in [1.54, 1.807) is 0 Å². The van der Waals surface area contributed by atoms with Crippen molar-refractivity contribution < 1.29 is 9.53 Å². The number of amides is 1. The number of imidazole rings is 1. The number of aryl methyl sites for hydroxylation is 1. The summed E-state index contributed by atoms with van der Waals surface area (Å²) >= 11 is 0. The van der Waals surface area contributed by atoms with Crippen LogP contribution in [0.15, 0.2) is 24.5 Å². The highest BCUT2D eigenvalue weighted by Crippen LogP contribution is 2.18. The molecule has 0 bridgehead atoms. The molecule has 1 aliphatic rings. The van der Waals surface area contributed by atoms with Crippen LogP contribution >= 0.6 is 0 Å². The number of carbonyl (C=O) groups is 1. The Morgan fingerprint density at radius 2 is 2.25 bits per heavy atom. The SMILES string of the molecule is Cc1cn2cccc(OCC(=O)N3CCNCC3)c2n1. The summed E-state index contributed by atoms with van der Waals surface area (Å²) in [6.45, 7) is 5.18. The Balaban J connectivity index is 1.68. The van der Waals surface area contributed by atoms with Crippen molar-refractivity contribution in [2.75, 3.05) is 32.8 Å². The van der Waals surface area contributed by atoms with Gasteiger partial charge in [0.15, 0.2) is 18.0 Å². The molecule has 0 atom stereocenters. The first-order valence-corrected chi connectivity index (χ1v) is 6.79. The van der Waals surface area contributed by atoms with E-state index in [2.05, 4.69) is 10.3 Å². The van der Waals surface area contributed by atoms with Crippen LogP contribution in [0.1, 0.15) is 5.69 Å². The summed E-state index contributed by atoms with van der Waals surface area (Å²) in [6, 6.07) is 3.73. The first-order valence-electron chi connectivity index (χ1n) is 6.79. The van der Waals surface area contributed by atoms with E-state index in [0.29, 0.717) is 5.75 Å². The molecule has 0 aliphatic carbocycles. The zero-order valence-electron chi connectivity index (χ0n) is 11.5. The minimum Gasteiger partial charge on any atom is -0.480 e. The largest absolute Gasteiger partial charge is 0.480 e. The normalized spacial score (nSPS) is 15.6. The Morgan fingerprint density at radius 1 is 1.45 bits per heavy atom. The molecule has 1 fully saturated rings. The van der Waals surface area contributed by atoms with Crippen molar-refractivity contribution in [1.29, 1.82) is 0 Å². The van der Waals surface area contributed by atoms with E-state index < -0.39 is 0 Å². The predicted molar refractivity (Wildman–Crippen MR) is 74.9 cm³/mol. The molecular formula is C14H18N4O2. The highest BCUT2D eigenvalue weighted by atomic mass is 16.5. The first-order chi connectivity index (χ1) is 9.74. The van der Waals surface area contributed by atoms with Gasteiger partial charge in [-0.3, -0.25) is 4.79 Å². The quantitative estimate of drug-likeness (QED) is 0.883. The minimum atomic E-state index is 0.0248. The van der Waals surface area contributed by atoms with E-state index in [1.807, 2.05) is 40.8 Å². The van der Waals surface area contributed by atoms with E-state index in [0.717, 1.165) is 37.5 Å². The fourth-order valence-electron chi connectivity index (χ4n) is 2.37. The molecule has 106 valence electrons. The molecule has 0 spiro atoms. The molecule has 3 heterocycles. The van der Waals surface area contributed by atoms with Gasteiger partial charge >= 0.3 is 0 Å². The Labute approximate surface area is 117 Å². The smallest absolute Gasteiger partial charge is 0.260 e. The number of rotatable bonds is 3. The maximum atomic E-state index is 12.1. The van der Waals surface area contributed by atoms with E-state index in [-0.39, 0.29) is 12.5 Å². The molecule has 1 aliphatic heterocycles. The number of fused-ring (bicyclic) bond motifs is 1. The van der Waals surface area contributed by atoms with Crippen LogP contribution in [0.25, 0.3) is 5.65 Å². The second-order valence-electron chi connectivity index (χ2n) is 4.91. The number of pyridine rings is 1. The molecule has 1 N–H and O–H groups in total. The molecule has 0 saturated carbocycles. The van der Waals surface area contributed by atoms with Gasteiger partial charge in [-0.25, -0.2) is 4.98 Å². The number of ether oxygens (including phenoxy) is 1. The standard InChI is InChI=1S/C14H18N4O2/c1-11-9-18-6-2-3-12(14(18)16-11)20-10-13(19)17-7-4-15-5-8-17/h2-3,6,9,15H,4-5,7-8,10H2,1H3. The molecule has 1 saturated heterocycles. The average molecular weight is 274 g/mol. The Kier molecular flexibility index (Phi) is 3.56. The van der Waals surface area contributed by atoms with Crippen LogP contribution in [-0.4, -0.2) is 53.0 Å². The summed E-state index contributed by atoms with van der Waals surface area (Å²) in [7, 11) is 0. The lowest BCUT2D eigenvalue weighted by Gasteiger charge is -2.27. The molecule has 2 aromatic rings. The second-order valence-corrected chi connectivity index (χ2v) is 4.91. The molecule has 0 unspecified atom stereocenters. The zero-order chi connectivity index (χ0) is 13.9. The third-order valence-corrected chi connectivity index (χ3v) is 3.39. The highest BCUT2D eigenvalue weighted by molar-refractivity contribution is 5.78. The van der Waals surface area contributed by atoms with E-state index in [9.17, 15) is 4.79 Å². The lowest BCUT2D eigenvalue weighted by molar-refractivity contribution is -0.133. The van der Waals surface area contributed by atoms with Crippen LogP contribution in [0.2, 0.25) is 0 Å². The molecular weight excluding hydrogens is 256 g/mol. The Hall–Kier alpha value is -2.08. The molecule has 20 heavy (non-hydrogen) atoms. The summed E-state index contributed by atoms with van der Waals surface area (Å²) in [6.07, 6.45) is 3.85. The van der Waals surface area contributed by atoms with Gasteiger partial charge in [-0.05, 0) is 19.1 Å². The molecule has 6 nitrogen and oxygen atoms in total. The zero-order valence-corrected chi connectivity index (χ0v) is 11.5. The summed E-state index contributed by atoms with van der Waals surface area (Å²) in [4.78, 5) is 18.3. The van der Waals surface area contributed by atoms with Crippen molar-refractivity contribution in [3.63, 3.8) is 0 Å². The third kappa shape index (κ3) is 2.60. The molecule has 0 radical (unpaired) electrons. The average Bonchev–Trinajstić information content (AvgIpc) is 2.86. The lowest BCUT2D eigenvalue weighted by atomic mass is 10.3. The first kappa shape index (κ1) is 12.9.